The molecular formula is C6H14O4P+. The van der Waals surface area contributed by atoms with Crippen LogP contribution in [0.1, 0.15) is 0 Å². The molecular weight excluding hydrogens is 167 g/mol. The van der Waals surface area contributed by atoms with Crippen molar-refractivity contribution in [1.29, 1.82) is 0 Å². The molecule has 0 bridgehead atoms. The predicted molar refractivity (Wildman–Crippen MR) is 44.4 cm³/mol. The van der Waals surface area contributed by atoms with Gasteiger partial charge in [0.1, 0.15) is 7.26 Å². The second-order valence-corrected chi connectivity index (χ2v) is 6.11. The molecule has 0 aromatic carbocycles. The highest BCUT2D eigenvalue weighted by Gasteiger charge is 2.42. The zero-order valence-corrected chi connectivity index (χ0v) is 7.11. The van der Waals surface area contributed by atoms with E-state index in [2.05, 4.69) is 6.58 Å². The van der Waals surface area contributed by atoms with Gasteiger partial charge in [0.25, 0.3) is 0 Å². The van der Waals surface area contributed by atoms with Gasteiger partial charge in [0.2, 0.25) is 0 Å². The highest BCUT2D eigenvalue weighted by atomic mass is 31.2. The summed E-state index contributed by atoms with van der Waals surface area (Å²) in [7, 11) is -2.43. The van der Waals surface area contributed by atoms with E-state index in [1.807, 2.05) is 0 Å². The van der Waals surface area contributed by atoms with Gasteiger partial charge in [0.05, 0.1) is 0 Å². The molecule has 0 saturated carbocycles. The molecule has 66 valence electrons. The molecule has 0 aliphatic rings. The number of aliphatic hydroxyl groups excluding tert-OH is 4. The third-order valence-corrected chi connectivity index (χ3v) is 4.64. The van der Waals surface area contributed by atoms with Crippen molar-refractivity contribution in [3.8, 4) is 0 Å². The fourth-order valence-corrected chi connectivity index (χ4v) is 1.83. The Balaban J connectivity index is 4.38. The number of hydrogen-bond acceptors (Lipinski definition) is 4. The predicted octanol–water partition coefficient (Wildman–Crippen LogP) is -0.642. The van der Waals surface area contributed by atoms with Gasteiger partial charge in [-0.3, -0.25) is 0 Å². The Bertz CT molecular complexity index is 115. The van der Waals surface area contributed by atoms with Crippen molar-refractivity contribution in [2.45, 2.75) is 5.85 Å². The fraction of sp³-hybridized carbons (Fsp3) is 0.667. The van der Waals surface area contributed by atoms with Crippen molar-refractivity contribution in [1.82, 2.24) is 0 Å². The molecule has 0 aliphatic heterocycles. The van der Waals surface area contributed by atoms with E-state index in [0.717, 1.165) is 0 Å². The molecule has 0 rings (SSSR count). The number of aliphatic hydroxyl groups is 4. The lowest BCUT2D eigenvalue weighted by Crippen LogP contribution is -2.19. The number of hydrogen-bond donors (Lipinski definition) is 4. The Kier molecular flexibility index (Phi) is 4.81. The Labute approximate surface area is 66.1 Å². The van der Waals surface area contributed by atoms with Crippen molar-refractivity contribution in [3.05, 3.63) is 12.7 Å². The van der Waals surface area contributed by atoms with Crippen molar-refractivity contribution in [2.75, 3.05) is 19.0 Å². The average molecular weight is 181 g/mol. The van der Waals surface area contributed by atoms with E-state index >= 15 is 0 Å². The van der Waals surface area contributed by atoms with Crippen LogP contribution in [0.25, 0.3) is 0 Å². The number of rotatable bonds is 5. The third-order valence-electron chi connectivity index (χ3n) is 1.62. The summed E-state index contributed by atoms with van der Waals surface area (Å²) in [5.41, 5.74) is 0. The van der Waals surface area contributed by atoms with Gasteiger partial charge in [-0.1, -0.05) is 6.58 Å². The normalized spacial score (nSPS) is 14.5. The van der Waals surface area contributed by atoms with Crippen molar-refractivity contribution < 1.29 is 20.4 Å². The van der Waals surface area contributed by atoms with E-state index < -0.39 is 13.1 Å². The first-order chi connectivity index (χ1) is 5.16. The van der Waals surface area contributed by atoms with Crippen LogP contribution in [0, 0.1) is 0 Å². The van der Waals surface area contributed by atoms with Gasteiger partial charge in [0, 0.05) is 0 Å². The second-order valence-electron chi connectivity index (χ2n) is 2.29. The Morgan fingerprint density at radius 2 is 1.55 bits per heavy atom. The topological polar surface area (TPSA) is 80.9 Å². The quantitative estimate of drug-likeness (QED) is 0.336. The van der Waals surface area contributed by atoms with Crippen LogP contribution in [0.2, 0.25) is 0 Å². The van der Waals surface area contributed by atoms with Crippen LogP contribution in [0.3, 0.4) is 0 Å². The SMILES string of the molecule is C=CC(O)[P+](CO)(CO)CO. The van der Waals surface area contributed by atoms with Crippen molar-refractivity contribution in [2.24, 2.45) is 0 Å². The van der Waals surface area contributed by atoms with Gasteiger partial charge in [0.15, 0.2) is 24.9 Å². The minimum absolute atomic E-state index is 0.368. The largest absolute Gasteiger partial charge is 0.361 e. The summed E-state index contributed by atoms with van der Waals surface area (Å²) in [5.74, 6) is -0.984. The maximum atomic E-state index is 9.22. The molecule has 5 heteroatoms. The summed E-state index contributed by atoms with van der Waals surface area (Å²) in [5, 5.41) is 35.6. The first kappa shape index (κ1) is 11.0. The van der Waals surface area contributed by atoms with Crippen molar-refractivity contribution in [3.63, 3.8) is 0 Å². The summed E-state index contributed by atoms with van der Waals surface area (Å²) < 4.78 is 0. The molecule has 0 heterocycles. The first-order valence-corrected chi connectivity index (χ1v) is 5.57. The van der Waals surface area contributed by atoms with Crippen LogP contribution >= 0.6 is 7.26 Å². The summed E-state index contributed by atoms with van der Waals surface area (Å²) in [6.07, 6.45) is 0.115. The standard InChI is InChI=1S/C6H14O4P/c1-2-6(10)11(3-7,4-8)5-9/h2,6-10H,1,3-5H2/q+1. The molecule has 0 aromatic rings. The molecule has 4 nitrogen and oxygen atoms in total. The molecule has 0 fully saturated rings. The van der Waals surface area contributed by atoms with Crippen molar-refractivity contribution >= 4 is 7.26 Å². The molecule has 0 amide bonds. The highest BCUT2D eigenvalue weighted by molar-refractivity contribution is 7.75. The highest BCUT2D eigenvalue weighted by Crippen LogP contribution is 2.59. The van der Waals surface area contributed by atoms with Crippen LogP contribution in [0.15, 0.2) is 12.7 Å². The minimum Gasteiger partial charge on any atom is -0.361 e. The van der Waals surface area contributed by atoms with Gasteiger partial charge in [-0.05, 0) is 6.08 Å². The summed E-state index contributed by atoms with van der Waals surface area (Å²) >= 11 is 0. The van der Waals surface area contributed by atoms with Crippen LogP contribution < -0.4 is 0 Å². The summed E-state index contributed by atoms with van der Waals surface area (Å²) in [6, 6.07) is 0. The van der Waals surface area contributed by atoms with E-state index in [1.165, 1.54) is 6.08 Å². The van der Waals surface area contributed by atoms with Crippen LogP contribution in [-0.4, -0.2) is 45.3 Å². The van der Waals surface area contributed by atoms with Gasteiger partial charge in [-0.2, -0.15) is 0 Å². The third kappa shape index (κ3) is 2.22. The molecule has 0 aromatic heterocycles. The molecule has 0 spiro atoms. The van der Waals surface area contributed by atoms with E-state index in [-0.39, 0.29) is 19.0 Å². The van der Waals surface area contributed by atoms with Gasteiger partial charge >= 0.3 is 0 Å². The lowest BCUT2D eigenvalue weighted by atomic mass is 10.7. The molecule has 0 radical (unpaired) electrons. The smallest absolute Gasteiger partial charge is 0.189 e. The molecule has 1 unspecified atom stereocenters. The Hall–Kier alpha value is 0.0100. The average Bonchev–Trinajstić information content (AvgIpc) is 2.08. The van der Waals surface area contributed by atoms with Crippen LogP contribution in [0.5, 0.6) is 0 Å². The van der Waals surface area contributed by atoms with E-state index in [4.69, 9.17) is 15.3 Å². The van der Waals surface area contributed by atoms with E-state index in [9.17, 15) is 5.11 Å². The fourth-order valence-electron chi connectivity index (χ4n) is 0.609. The maximum Gasteiger partial charge on any atom is 0.189 e. The van der Waals surface area contributed by atoms with Gasteiger partial charge in [-0.25, -0.2) is 0 Å². The summed E-state index contributed by atoms with van der Waals surface area (Å²) in [4.78, 5) is 0. The molecule has 1 atom stereocenters. The van der Waals surface area contributed by atoms with Gasteiger partial charge < -0.3 is 20.4 Å². The first-order valence-electron chi connectivity index (χ1n) is 3.16. The van der Waals surface area contributed by atoms with E-state index in [1.54, 1.807) is 0 Å². The zero-order chi connectivity index (χ0) is 8.91. The van der Waals surface area contributed by atoms with E-state index in [0.29, 0.717) is 0 Å². The summed E-state index contributed by atoms with van der Waals surface area (Å²) in [6.45, 7) is 3.31. The molecule has 11 heavy (non-hydrogen) atoms. The lowest BCUT2D eigenvalue weighted by molar-refractivity contribution is 0.258. The second kappa shape index (κ2) is 4.80. The molecule has 0 saturated heterocycles. The van der Waals surface area contributed by atoms with Crippen LogP contribution in [0.4, 0.5) is 0 Å². The zero-order valence-electron chi connectivity index (χ0n) is 6.22. The maximum absolute atomic E-state index is 9.22. The minimum atomic E-state index is -2.43. The Morgan fingerprint density at radius 1 is 1.18 bits per heavy atom. The molecule has 0 aliphatic carbocycles. The lowest BCUT2D eigenvalue weighted by Gasteiger charge is -2.22. The van der Waals surface area contributed by atoms with Gasteiger partial charge in [-0.15, -0.1) is 0 Å². The Morgan fingerprint density at radius 3 is 1.64 bits per heavy atom. The monoisotopic (exact) mass is 181 g/mol. The van der Waals surface area contributed by atoms with Crippen LogP contribution in [-0.2, 0) is 0 Å². The molecule has 4 N–H and O–H groups in total.